The van der Waals surface area contributed by atoms with Gasteiger partial charge in [0.05, 0.1) is 11.3 Å². The number of benzene rings is 1. The van der Waals surface area contributed by atoms with E-state index in [1.165, 1.54) is 12.1 Å². The summed E-state index contributed by atoms with van der Waals surface area (Å²) in [6.45, 7) is 0. The molecule has 0 radical (unpaired) electrons. The smallest absolute Gasteiger partial charge is 0.254 e. The number of halogens is 1. The molecule has 13 heavy (non-hydrogen) atoms. The molecule has 1 aromatic carbocycles. The molecule has 1 rings (SSSR count). The van der Waals surface area contributed by atoms with Gasteiger partial charge in [-0.1, -0.05) is 12.1 Å². The number of para-hydroxylation sites is 1. The first kappa shape index (κ1) is 10.2. The van der Waals surface area contributed by atoms with Crippen LogP contribution in [0.25, 0.3) is 0 Å². The van der Waals surface area contributed by atoms with Crippen LogP contribution in [0, 0.1) is 0 Å². The van der Waals surface area contributed by atoms with Crippen molar-refractivity contribution < 1.29 is 13.6 Å². The van der Waals surface area contributed by atoms with Crippen molar-refractivity contribution in [2.24, 2.45) is 0 Å². The predicted octanol–water partition coefficient (Wildman–Crippen LogP) is 1.27. The summed E-state index contributed by atoms with van der Waals surface area (Å²) in [6, 6.07) is 6.07. The van der Waals surface area contributed by atoms with Crippen LogP contribution in [0.4, 0.5) is 5.69 Å². The molecular formula is C7H5ClNO3S-. The minimum absolute atomic E-state index is 0.133. The minimum Gasteiger partial charge on any atom is -0.755 e. The summed E-state index contributed by atoms with van der Waals surface area (Å²) in [5.74, 6) is 0. The maximum atomic E-state index is 10.8. The Morgan fingerprint density at radius 2 is 2.08 bits per heavy atom. The summed E-state index contributed by atoms with van der Waals surface area (Å²) in [5, 5.41) is -0.700. The van der Waals surface area contributed by atoms with Gasteiger partial charge in [0, 0.05) is 11.3 Å². The molecule has 0 aromatic heterocycles. The van der Waals surface area contributed by atoms with Gasteiger partial charge in [-0.05, 0) is 23.7 Å². The fraction of sp³-hybridized carbons (Fsp3) is 0. The van der Waals surface area contributed by atoms with Gasteiger partial charge in [-0.3, -0.25) is 9.00 Å². The number of carbonyl (C=O) groups excluding carboxylic acids is 1. The summed E-state index contributed by atoms with van der Waals surface area (Å²) in [5.41, 5.74) is 0.309. The van der Waals surface area contributed by atoms with Crippen molar-refractivity contribution in [1.29, 1.82) is 0 Å². The molecule has 0 saturated carbocycles. The van der Waals surface area contributed by atoms with Gasteiger partial charge >= 0.3 is 0 Å². The summed E-state index contributed by atoms with van der Waals surface area (Å²) >= 11 is 2.76. The van der Waals surface area contributed by atoms with E-state index < -0.39 is 16.5 Å². The Balaban J connectivity index is 3.04. The molecule has 1 aromatic rings. The zero-order valence-electron chi connectivity index (χ0n) is 6.32. The fourth-order valence-corrected chi connectivity index (χ4v) is 1.36. The lowest BCUT2D eigenvalue weighted by molar-refractivity contribution is 0.108. The largest absolute Gasteiger partial charge is 0.755 e. The van der Waals surface area contributed by atoms with Crippen molar-refractivity contribution in [3.8, 4) is 0 Å². The summed E-state index contributed by atoms with van der Waals surface area (Å²) in [6.07, 6.45) is 0. The van der Waals surface area contributed by atoms with Crippen LogP contribution in [0.2, 0.25) is 0 Å². The second kappa shape index (κ2) is 4.36. The third kappa shape index (κ3) is 2.80. The maximum Gasteiger partial charge on any atom is 0.254 e. The lowest BCUT2D eigenvalue weighted by Crippen LogP contribution is -2.06. The van der Waals surface area contributed by atoms with Gasteiger partial charge in [0.25, 0.3) is 5.24 Å². The van der Waals surface area contributed by atoms with Crippen molar-refractivity contribution >= 4 is 33.8 Å². The highest BCUT2D eigenvalue weighted by atomic mass is 35.5. The highest BCUT2D eigenvalue weighted by Gasteiger charge is 2.06. The average Bonchev–Trinajstić information content (AvgIpc) is 2.03. The van der Waals surface area contributed by atoms with Crippen molar-refractivity contribution in [2.45, 2.75) is 0 Å². The molecule has 0 amide bonds. The lowest BCUT2D eigenvalue weighted by Gasteiger charge is -2.10. The molecule has 0 aliphatic heterocycles. The first-order chi connectivity index (χ1) is 6.11. The fourth-order valence-electron chi connectivity index (χ4n) is 0.833. The minimum atomic E-state index is -2.45. The van der Waals surface area contributed by atoms with Crippen LogP contribution in [-0.2, 0) is 11.3 Å². The number of hydrogen-bond acceptors (Lipinski definition) is 3. The molecule has 0 saturated heterocycles. The van der Waals surface area contributed by atoms with Crippen LogP contribution < -0.4 is 4.72 Å². The molecule has 0 spiro atoms. The van der Waals surface area contributed by atoms with E-state index >= 15 is 0 Å². The Hall–Kier alpha value is -0.910. The van der Waals surface area contributed by atoms with Gasteiger partial charge in [-0.15, -0.1) is 0 Å². The monoisotopic (exact) mass is 218 g/mol. The Morgan fingerprint density at radius 3 is 2.62 bits per heavy atom. The van der Waals surface area contributed by atoms with Crippen LogP contribution in [0.1, 0.15) is 10.4 Å². The van der Waals surface area contributed by atoms with E-state index in [0.29, 0.717) is 0 Å². The van der Waals surface area contributed by atoms with E-state index in [1.54, 1.807) is 12.1 Å². The van der Waals surface area contributed by atoms with Crippen LogP contribution in [-0.4, -0.2) is 14.0 Å². The molecular weight excluding hydrogens is 214 g/mol. The zero-order chi connectivity index (χ0) is 9.84. The van der Waals surface area contributed by atoms with Crippen molar-refractivity contribution in [3.63, 3.8) is 0 Å². The predicted molar refractivity (Wildman–Crippen MR) is 49.2 cm³/mol. The molecule has 0 aliphatic rings. The van der Waals surface area contributed by atoms with E-state index in [1.807, 2.05) is 0 Å². The van der Waals surface area contributed by atoms with E-state index in [2.05, 4.69) is 4.72 Å². The van der Waals surface area contributed by atoms with Gasteiger partial charge in [0.2, 0.25) is 0 Å². The third-order valence-corrected chi connectivity index (χ3v) is 1.92. The maximum absolute atomic E-state index is 10.8. The van der Waals surface area contributed by atoms with Gasteiger partial charge in [0.1, 0.15) is 0 Å². The van der Waals surface area contributed by atoms with Gasteiger partial charge < -0.3 is 9.27 Å². The van der Waals surface area contributed by atoms with E-state index in [9.17, 15) is 13.6 Å². The first-order valence-electron chi connectivity index (χ1n) is 3.26. The molecule has 4 nitrogen and oxygen atoms in total. The van der Waals surface area contributed by atoms with Crippen LogP contribution >= 0.6 is 11.6 Å². The second-order valence-corrected chi connectivity index (χ2v) is 3.17. The van der Waals surface area contributed by atoms with Gasteiger partial charge in [0.15, 0.2) is 0 Å². The summed E-state index contributed by atoms with van der Waals surface area (Å²) < 4.78 is 22.6. The van der Waals surface area contributed by atoms with E-state index in [0.717, 1.165) is 0 Å². The molecule has 6 heteroatoms. The highest BCUT2D eigenvalue weighted by Crippen LogP contribution is 2.17. The molecule has 1 unspecified atom stereocenters. The third-order valence-electron chi connectivity index (χ3n) is 1.33. The Bertz CT molecular complexity index is 355. The van der Waals surface area contributed by atoms with Crippen molar-refractivity contribution in [2.75, 3.05) is 4.72 Å². The highest BCUT2D eigenvalue weighted by molar-refractivity contribution is 7.80. The van der Waals surface area contributed by atoms with Gasteiger partial charge in [-0.25, -0.2) is 0 Å². The molecule has 0 aliphatic carbocycles. The molecule has 70 valence electrons. The Morgan fingerprint density at radius 1 is 1.46 bits per heavy atom. The number of rotatable bonds is 3. The number of nitrogens with one attached hydrogen (secondary N) is 1. The molecule has 0 fully saturated rings. The van der Waals surface area contributed by atoms with Crippen molar-refractivity contribution in [3.05, 3.63) is 29.8 Å². The molecule has 1 atom stereocenters. The second-order valence-electron chi connectivity index (χ2n) is 2.16. The number of anilines is 1. The number of carbonyl (C=O) groups is 1. The van der Waals surface area contributed by atoms with Gasteiger partial charge in [-0.2, -0.15) is 0 Å². The normalized spacial score (nSPS) is 12.2. The molecule has 0 heterocycles. The summed E-state index contributed by atoms with van der Waals surface area (Å²) in [4.78, 5) is 10.8. The van der Waals surface area contributed by atoms with Crippen LogP contribution in [0.5, 0.6) is 0 Å². The lowest BCUT2D eigenvalue weighted by atomic mass is 10.2. The van der Waals surface area contributed by atoms with E-state index in [-0.39, 0.29) is 11.3 Å². The van der Waals surface area contributed by atoms with E-state index in [4.69, 9.17) is 11.6 Å². The summed E-state index contributed by atoms with van der Waals surface area (Å²) in [7, 11) is 0. The Kier molecular flexibility index (Phi) is 3.41. The SMILES string of the molecule is O=C(Cl)c1ccccc1NS(=O)[O-]. The molecule has 1 N–H and O–H groups in total. The number of hydrogen-bond donors (Lipinski definition) is 1. The van der Waals surface area contributed by atoms with Crippen LogP contribution in [0.3, 0.4) is 0 Å². The standard InChI is InChI=1S/C7H6ClNO3S/c8-7(10)5-3-1-2-4-6(5)9-13(11)12/h1-4,9H,(H,11,12)/p-1. The quantitative estimate of drug-likeness (QED) is 0.614. The topological polar surface area (TPSA) is 69.2 Å². The average molecular weight is 219 g/mol. The zero-order valence-corrected chi connectivity index (χ0v) is 7.89. The molecule has 0 bridgehead atoms. The van der Waals surface area contributed by atoms with Crippen molar-refractivity contribution in [1.82, 2.24) is 0 Å². The first-order valence-corrected chi connectivity index (χ1v) is 4.71. The van der Waals surface area contributed by atoms with Crippen LogP contribution in [0.15, 0.2) is 24.3 Å². The Labute approximate surface area is 82.3 Å².